The molecule has 0 spiro atoms. The molecule has 6 nitrogen and oxygen atoms in total. The summed E-state index contributed by atoms with van der Waals surface area (Å²) in [5, 5.41) is 11.6. The maximum absolute atomic E-state index is 12.3. The Morgan fingerprint density at radius 3 is 2.86 bits per heavy atom. The minimum absolute atomic E-state index is 0.187. The van der Waals surface area contributed by atoms with Crippen molar-refractivity contribution in [2.45, 2.75) is 6.54 Å². The van der Waals surface area contributed by atoms with Gasteiger partial charge in [0.15, 0.2) is 0 Å². The molecule has 1 amide bonds. The van der Waals surface area contributed by atoms with Crippen molar-refractivity contribution in [3.8, 4) is 17.0 Å². The first-order valence-electron chi connectivity index (χ1n) is 6.61. The number of rotatable bonds is 5. The molecule has 0 aliphatic rings. The highest BCUT2D eigenvalue weighted by atomic mass is 32.1. The van der Waals surface area contributed by atoms with Gasteiger partial charge < -0.3 is 10.1 Å². The lowest BCUT2D eigenvalue weighted by atomic mass is 10.1. The number of nitrogens with one attached hydrogen (secondary N) is 2. The molecule has 1 aromatic carbocycles. The Labute approximate surface area is 131 Å². The van der Waals surface area contributed by atoms with Crippen molar-refractivity contribution < 1.29 is 9.53 Å². The van der Waals surface area contributed by atoms with Crippen LogP contribution in [0.3, 0.4) is 0 Å². The van der Waals surface area contributed by atoms with Gasteiger partial charge in [0.2, 0.25) is 0 Å². The van der Waals surface area contributed by atoms with Gasteiger partial charge in [-0.2, -0.15) is 5.10 Å². The summed E-state index contributed by atoms with van der Waals surface area (Å²) in [6.45, 7) is 0.398. The molecule has 0 fully saturated rings. The molecule has 0 aliphatic carbocycles. The molecule has 3 aromatic rings. The number of benzene rings is 1. The van der Waals surface area contributed by atoms with E-state index >= 15 is 0 Å². The molecule has 0 atom stereocenters. The van der Waals surface area contributed by atoms with Gasteiger partial charge >= 0.3 is 0 Å². The van der Waals surface area contributed by atoms with E-state index < -0.39 is 0 Å². The normalized spacial score (nSPS) is 10.4. The van der Waals surface area contributed by atoms with Gasteiger partial charge in [-0.25, -0.2) is 4.98 Å². The smallest absolute Gasteiger partial charge is 0.255 e. The second kappa shape index (κ2) is 6.40. The van der Waals surface area contributed by atoms with Crippen LogP contribution in [-0.4, -0.2) is 28.2 Å². The zero-order valence-electron chi connectivity index (χ0n) is 11.9. The molecule has 0 saturated heterocycles. The van der Waals surface area contributed by atoms with Crippen molar-refractivity contribution in [3.05, 3.63) is 52.6 Å². The predicted octanol–water partition coefficient (Wildman–Crippen LogP) is 2.47. The third-order valence-corrected chi connectivity index (χ3v) is 3.81. The summed E-state index contributed by atoms with van der Waals surface area (Å²) in [6.07, 6.45) is 1.52. The number of thiazole rings is 1. The van der Waals surface area contributed by atoms with E-state index in [0.29, 0.717) is 17.8 Å². The number of H-pyrrole nitrogens is 1. The summed E-state index contributed by atoms with van der Waals surface area (Å²) in [5.74, 6) is 0.574. The highest BCUT2D eigenvalue weighted by Gasteiger charge is 2.15. The minimum atomic E-state index is -0.187. The summed E-state index contributed by atoms with van der Waals surface area (Å²) >= 11 is 1.50. The Hall–Kier alpha value is -2.67. The lowest BCUT2D eigenvalue weighted by Crippen LogP contribution is -2.23. The fourth-order valence-electron chi connectivity index (χ4n) is 2.03. The largest absolute Gasteiger partial charge is 0.497 e. The summed E-state index contributed by atoms with van der Waals surface area (Å²) in [7, 11) is 1.61. The van der Waals surface area contributed by atoms with Crippen molar-refractivity contribution in [1.82, 2.24) is 20.5 Å². The number of hydrogen-bond donors (Lipinski definition) is 2. The van der Waals surface area contributed by atoms with Gasteiger partial charge in [0.1, 0.15) is 5.75 Å². The number of methoxy groups -OCH3 is 1. The Balaban J connectivity index is 1.77. The standard InChI is InChI=1S/C15H14N4O2S/c1-21-12-4-2-10(3-5-12)14-13(7-18-19-14)15(20)16-6-11-8-22-9-17-11/h2-5,7-9H,6H2,1H3,(H,16,20)(H,18,19). The van der Waals surface area contributed by atoms with Crippen molar-refractivity contribution in [2.75, 3.05) is 7.11 Å². The Morgan fingerprint density at radius 1 is 1.36 bits per heavy atom. The molecule has 2 N–H and O–H groups in total. The number of carbonyl (C=O) groups is 1. The van der Waals surface area contributed by atoms with Crippen LogP contribution in [0.4, 0.5) is 0 Å². The third kappa shape index (κ3) is 2.99. The van der Waals surface area contributed by atoms with Crippen LogP contribution in [0.1, 0.15) is 16.1 Å². The fraction of sp³-hybridized carbons (Fsp3) is 0.133. The molecule has 0 unspecified atom stereocenters. The van der Waals surface area contributed by atoms with E-state index in [0.717, 1.165) is 17.0 Å². The number of amides is 1. The van der Waals surface area contributed by atoms with Crippen molar-refractivity contribution >= 4 is 17.2 Å². The first-order chi connectivity index (χ1) is 10.8. The van der Waals surface area contributed by atoms with Crippen LogP contribution in [0.5, 0.6) is 5.75 Å². The molecule has 22 heavy (non-hydrogen) atoms. The summed E-state index contributed by atoms with van der Waals surface area (Å²) in [6, 6.07) is 7.44. The topological polar surface area (TPSA) is 79.9 Å². The first-order valence-corrected chi connectivity index (χ1v) is 7.55. The van der Waals surface area contributed by atoms with Gasteiger partial charge in [0.25, 0.3) is 5.91 Å². The van der Waals surface area contributed by atoms with Crippen molar-refractivity contribution in [2.24, 2.45) is 0 Å². The van der Waals surface area contributed by atoms with E-state index in [1.165, 1.54) is 17.5 Å². The Bertz CT molecular complexity index is 750. The number of aromatic amines is 1. The van der Waals surface area contributed by atoms with Crippen LogP contribution >= 0.6 is 11.3 Å². The lowest BCUT2D eigenvalue weighted by Gasteiger charge is -2.05. The van der Waals surface area contributed by atoms with Gasteiger partial charge in [-0.15, -0.1) is 11.3 Å². The van der Waals surface area contributed by atoms with Gasteiger partial charge in [-0.05, 0) is 24.3 Å². The molecular weight excluding hydrogens is 300 g/mol. The molecule has 112 valence electrons. The third-order valence-electron chi connectivity index (χ3n) is 3.18. The molecule has 0 aliphatic heterocycles. The van der Waals surface area contributed by atoms with Crippen LogP contribution in [0.2, 0.25) is 0 Å². The van der Waals surface area contributed by atoms with Gasteiger partial charge in [0, 0.05) is 10.9 Å². The van der Waals surface area contributed by atoms with Crippen LogP contribution in [0.15, 0.2) is 41.4 Å². The molecule has 2 heterocycles. The van der Waals surface area contributed by atoms with Crippen molar-refractivity contribution in [3.63, 3.8) is 0 Å². The lowest BCUT2D eigenvalue weighted by molar-refractivity contribution is 0.0951. The molecule has 0 bridgehead atoms. The van der Waals surface area contributed by atoms with E-state index in [-0.39, 0.29) is 5.91 Å². The SMILES string of the molecule is COc1ccc(-c2[nH]ncc2C(=O)NCc2cscn2)cc1. The number of carbonyl (C=O) groups excluding carboxylic acids is 1. The zero-order valence-corrected chi connectivity index (χ0v) is 12.7. The quantitative estimate of drug-likeness (QED) is 0.758. The average Bonchev–Trinajstić information content (AvgIpc) is 3.24. The van der Waals surface area contributed by atoms with E-state index in [9.17, 15) is 4.79 Å². The summed E-state index contributed by atoms with van der Waals surface area (Å²) in [4.78, 5) is 16.4. The monoisotopic (exact) mass is 314 g/mol. The predicted molar refractivity (Wildman–Crippen MR) is 83.9 cm³/mol. The minimum Gasteiger partial charge on any atom is -0.497 e. The number of nitrogens with zero attached hydrogens (tertiary/aromatic N) is 2. The highest BCUT2D eigenvalue weighted by molar-refractivity contribution is 7.07. The number of ether oxygens (including phenoxy) is 1. The van der Waals surface area contributed by atoms with E-state index in [1.807, 2.05) is 29.6 Å². The highest BCUT2D eigenvalue weighted by Crippen LogP contribution is 2.23. The molecule has 7 heteroatoms. The summed E-state index contributed by atoms with van der Waals surface area (Å²) < 4.78 is 5.13. The maximum atomic E-state index is 12.3. The summed E-state index contributed by atoms with van der Waals surface area (Å²) in [5.41, 5.74) is 4.63. The zero-order chi connectivity index (χ0) is 15.4. The average molecular weight is 314 g/mol. The van der Waals surface area contributed by atoms with Gasteiger partial charge in [-0.3, -0.25) is 9.89 Å². The van der Waals surface area contributed by atoms with Gasteiger partial charge in [-0.1, -0.05) is 0 Å². The fourth-order valence-corrected chi connectivity index (χ4v) is 2.59. The first kappa shape index (κ1) is 14.3. The van der Waals surface area contributed by atoms with Crippen LogP contribution in [0.25, 0.3) is 11.3 Å². The molecule has 3 rings (SSSR count). The van der Waals surface area contributed by atoms with Crippen LogP contribution in [0, 0.1) is 0 Å². The molecule has 0 radical (unpaired) electrons. The van der Waals surface area contributed by atoms with E-state index in [4.69, 9.17) is 4.74 Å². The molecule has 2 aromatic heterocycles. The van der Waals surface area contributed by atoms with Crippen LogP contribution < -0.4 is 10.1 Å². The van der Waals surface area contributed by atoms with Crippen molar-refractivity contribution in [1.29, 1.82) is 0 Å². The van der Waals surface area contributed by atoms with E-state index in [1.54, 1.807) is 12.6 Å². The maximum Gasteiger partial charge on any atom is 0.255 e. The number of hydrogen-bond acceptors (Lipinski definition) is 5. The van der Waals surface area contributed by atoms with Gasteiger partial charge in [0.05, 0.1) is 42.3 Å². The second-order valence-corrected chi connectivity index (χ2v) is 5.27. The molecular formula is C15H14N4O2S. The second-order valence-electron chi connectivity index (χ2n) is 4.55. The van der Waals surface area contributed by atoms with Crippen LogP contribution in [-0.2, 0) is 6.54 Å². The van der Waals surface area contributed by atoms with E-state index in [2.05, 4.69) is 20.5 Å². The Kier molecular flexibility index (Phi) is 4.15. The number of aromatic nitrogens is 3. The Morgan fingerprint density at radius 2 is 2.18 bits per heavy atom. The molecule has 0 saturated carbocycles.